The van der Waals surface area contributed by atoms with E-state index in [1.165, 1.54) is 44.1 Å². The normalized spacial score (nSPS) is 27.0. The van der Waals surface area contributed by atoms with E-state index in [0.29, 0.717) is 23.8 Å². The monoisotopic (exact) mass is 287 g/mol. The van der Waals surface area contributed by atoms with Crippen molar-refractivity contribution in [3.8, 4) is 0 Å². The molecule has 0 saturated heterocycles. The molecule has 21 heavy (non-hydrogen) atoms. The Hall–Kier alpha value is -0.820. The lowest BCUT2D eigenvalue weighted by atomic mass is 9.69. The second-order valence-corrected chi connectivity index (χ2v) is 7.10. The van der Waals surface area contributed by atoms with Gasteiger partial charge in [0.25, 0.3) is 0 Å². The first-order chi connectivity index (χ1) is 10.2. The fourth-order valence-electron chi connectivity index (χ4n) is 4.21. The van der Waals surface area contributed by atoms with Crippen LogP contribution < -0.4 is 5.73 Å². The van der Waals surface area contributed by atoms with Crippen molar-refractivity contribution in [3.05, 3.63) is 35.9 Å². The summed E-state index contributed by atoms with van der Waals surface area (Å²) in [5.74, 6) is 2.78. The van der Waals surface area contributed by atoms with Gasteiger partial charge in [-0.2, -0.15) is 0 Å². The minimum absolute atomic E-state index is 0.316. The van der Waals surface area contributed by atoms with Crippen LogP contribution in [0.15, 0.2) is 30.3 Å². The van der Waals surface area contributed by atoms with Gasteiger partial charge in [-0.3, -0.25) is 0 Å². The molecule has 5 atom stereocenters. The lowest BCUT2D eigenvalue weighted by Gasteiger charge is -2.39. The van der Waals surface area contributed by atoms with Crippen LogP contribution in [0.3, 0.4) is 0 Å². The lowest BCUT2D eigenvalue weighted by Crippen LogP contribution is -2.41. The molecule has 1 aromatic carbocycles. The van der Waals surface area contributed by atoms with Gasteiger partial charge in [0.1, 0.15) is 0 Å². The van der Waals surface area contributed by atoms with Crippen molar-refractivity contribution in [1.82, 2.24) is 0 Å². The van der Waals surface area contributed by atoms with Gasteiger partial charge in [0.05, 0.1) is 0 Å². The summed E-state index contributed by atoms with van der Waals surface area (Å²) in [4.78, 5) is 0. The van der Waals surface area contributed by atoms with Crippen molar-refractivity contribution in [2.45, 2.75) is 71.3 Å². The molecule has 1 saturated carbocycles. The van der Waals surface area contributed by atoms with E-state index < -0.39 is 0 Å². The third-order valence-electron chi connectivity index (χ3n) is 5.80. The minimum atomic E-state index is 0.316. The summed E-state index contributed by atoms with van der Waals surface area (Å²) in [6.45, 7) is 7.00. The highest BCUT2D eigenvalue weighted by Crippen LogP contribution is 2.39. The maximum absolute atomic E-state index is 6.82. The number of nitrogens with two attached hydrogens (primary N) is 1. The van der Waals surface area contributed by atoms with Crippen LogP contribution in [0.4, 0.5) is 0 Å². The molecular formula is C20H33N. The van der Waals surface area contributed by atoms with E-state index in [4.69, 9.17) is 5.73 Å². The van der Waals surface area contributed by atoms with Crippen LogP contribution in [-0.2, 0) is 0 Å². The molecule has 0 bridgehead atoms. The summed E-state index contributed by atoms with van der Waals surface area (Å²) in [6, 6.07) is 11.3. The van der Waals surface area contributed by atoms with Crippen molar-refractivity contribution < 1.29 is 0 Å². The third-order valence-corrected chi connectivity index (χ3v) is 5.80. The Bertz CT molecular complexity index is 400. The highest BCUT2D eigenvalue weighted by atomic mass is 14.7. The molecule has 2 N–H and O–H groups in total. The molecule has 1 aliphatic rings. The molecule has 2 rings (SSSR count). The highest BCUT2D eigenvalue weighted by Gasteiger charge is 2.33. The van der Waals surface area contributed by atoms with E-state index in [0.717, 1.165) is 5.92 Å². The molecule has 1 aromatic rings. The predicted molar refractivity (Wildman–Crippen MR) is 92.4 cm³/mol. The smallest absolute Gasteiger partial charge is 0.0139 e. The van der Waals surface area contributed by atoms with Crippen LogP contribution in [0.25, 0.3) is 0 Å². The van der Waals surface area contributed by atoms with Gasteiger partial charge in [-0.25, -0.2) is 0 Å². The Kier molecular flexibility index (Phi) is 6.29. The van der Waals surface area contributed by atoms with Crippen LogP contribution >= 0.6 is 0 Å². The summed E-state index contributed by atoms with van der Waals surface area (Å²) >= 11 is 0. The van der Waals surface area contributed by atoms with Gasteiger partial charge < -0.3 is 5.73 Å². The van der Waals surface area contributed by atoms with E-state index in [1.807, 2.05) is 0 Å². The topological polar surface area (TPSA) is 26.0 Å². The summed E-state index contributed by atoms with van der Waals surface area (Å²) < 4.78 is 0. The average molecular weight is 287 g/mol. The molecule has 5 unspecified atom stereocenters. The molecule has 0 aliphatic heterocycles. The SMILES string of the molecule is CCC1CCCC(C(N)C(c2ccccc2)C(C)CC)C1. The molecule has 118 valence electrons. The maximum atomic E-state index is 6.82. The van der Waals surface area contributed by atoms with Crippen LogP contribution in [0.5, 0.6) is 0 Å². The largest absolute Gasteiger partial charge is 0.327 e. The first-order valence-electron chi connectivity index (χ1n) is 8.97. The summed E-state index contributed by atoms with van der Waals surface area (Å²) in [7, 11) is 0. The first kappa shape index (κ1) is 16.5. The third kappa shape index (κ3) is 4.10. The Morgan fingerprint density at radius 1 is 1.14 bits per heavy atom. The van der Waals surface area contributed by atoms with Crippen molar-refractivity contribution in [1.29, 1.82) is 0 Å². The quantitative estimate of drug-likeness (QED) is 0.749. The first-order valence-corrected chi connectivity index (χ1v) is 8.97. The molecule has 0 spiro atoms. The number of rotatable bonds is 6. The van der Waals surface area contributed by atoms with Crippen LogP contribution in [-0.4, -0.2) is 6.04 Å². The fourth-order valence-corrected chi connectivity index (χ4v) is 4.21. The second-order valence-electron chi connectivity index (χ2n) is 7.10. The molecule has 1 nitrogen and oxygen atoms in total. The van der Waals surface area contributed by atoms with E-state index in [-0.39, 0.29) is 0 Å². The van der Waals surface area contributed by atoms with Crippen molar-refractivity contribution in [2.24, 2.45) is 23.5 Å². The Morgan fingerprint density at radius 2 is 1.86 bits per heavy atom. The Balaban J connectivity index is 2.16. The summed E-state index contributed by atoms with van der Waals surface area (Å²) in [5, 5.41) is 0. The van der Waals surface area contributed by atoms with Gasteiger partial charge in [0.2, 0.25) is 0 Å². The molecule has 1 heteroatoms. The highest BCUT2D eigenvalue weighted by molar-refractivity contribution is 5.22. The van der Waals surface area contributed by atoms with E-state index in [2.05, 4.69) is 51.1 Å². The van der Waals surface area contributed by atoms with E-state index in [1.54, 1.807) is 0 Å². The molecule has 0 amide bonds. The van der Waals surface area contributed by atoms with Crippen LogP contribution in [0, 0.1) is 17.8 Å². The minimum Gasteiger partial charge on any atom is -0.327 e. The second kappa shape index (κ2) is 7.98. The molecule has 0 radical (unpaired) electrons. The van der Waals surface area contributed by atoms with E-state index >= 15 is 0 Å². The lowest BCUT2D eigenvalue weighted by molar-refractivity contribution is 0.195. The van der Waals surface area contributed by atoms with Crippen molar-refractivity contribution in [2.75, 3.05) is 0 Å². The zero-order chi connectivity index (χ0) is 15.2. The number of hydrogen-bond acceptors (Lipinski definition) is 1. The van der Waals surface area contributed by atoms with Crippen molar-refractivity contribution >= 4 is 0 Å². The van der Waals surface area contributed by atoms with Gasteiger partial charge in [-0.15, -0.1) is 0 Å². The molecule has 1 aliphatic carbocycles. The zero-order valence-electron chi connectivity index (χ0n) is 14.1. The van der Waals surface area contributed by atoms with E-state index in [9.17, 15) is 0 Å². The van der Waals surface area contributed by atoms with Gasteiger partial charge >= 0.3 is 0 Å². The van der Waals surface area contributed by atoms with Gasteiger partial charge in [-0.1, -0.05) is 76.8 Å². The zero-order valence-corrected chi connectivity index (χ0v) is 14.1. The standard InChI is InChI=1S/C20H33N/c1-4-15(3)19(17-11-7-6-8-12-17)20(21)18-13-9-10-16(5-2)14-18/h6-8,11-12,15-16,18-20H,4-5,9-10,13-14,21H2,1-3H3. The molecule has 0 aromatic heterocycles. The Morgan fingerprint density at radius 3 is 2.48 bits per heavy atom. The van der Waals surface area contributed by atoms with Gasteiger partial charge in [0.15, 0.2) is 0 Å². The van der Waals surface area contributed by atoms with Gasteiger partial charge in [-0.05, 0) is 36.2 Å². The van der Waals surface area contributed by atoms with Crippen molar-refractivity contribution in [3.63, 3.8) is 0 Å². The van der Waals surface area contributed by atoms with Crippen LogP contribution in [0.1, 0.15) is 70.8 Å². The summed E-state index contributed by atoms with van der Waals surface area (Å²) in [5.41, 5.74) is 8.26. The van der Waals surface area contributed by atoms with Gasteiger partial charge in [0, 0.05) is 12.0 Å². The number of benzene rings is 1. The molecule has 0 heterocycles. The Labute approximate surface area is 131 Å². The fraction of sp³-hybridized carbons (Fsp3) is 0.700. The van der Waals surface area contributed by atoms with Crippen LogP contribution in [0.2, 0.25) is 0 Å². The predicted octanol–water partition coefficient (Wildman–Crippen LogP) is 5.36. The molecular weight excluding hydrogens is 254 g/mol. The maximum Gasteiger partial charge on any atom is 0.0139 e. The average Bonchev–Trinajstić information content (AvgIpc) is 2.55. The summed E-state index contributed by atoms with van der Waals surface area (Å²) in [6.07, 6.45) is 7.99. The number of hydrogen-bond donors (Lipinski definition) is 1. The molecule has 1 fully saturated rings.